The second-order valence-corrected chi connectivity index (χ2v) is 5.35. The number of aldehydes is 1. The average Bonchev–Trinajstić information content (AvgIpc) is 2.57. The molecule has 0 aliphatic heterocycles. The predicted octanol–water partition coefficient (Wildman–Crippen LogP) is 3.97. The van der Waals surface area contributed by atoms with E-state index in [9.17, 15) is 4.79 Å². The fourth-order valence-corrected chi connectivity index (χ4v) is 2.17. The molecule has 0 aliphatic carbocycles. The van der Waals surface area contributed by atoms with Gasteiger partial charge in [0.25, 0.3) is 0 Å². The van der Waals surface area contributed by atoms with Crippen molar-refractivity contribution in [2.75, 3.05) is 20.3 Å². The first-order valence-corrected chi connectivity index (χ1v) is 7.60. The lowest BCUT2D eigenvalue weighted by atomic mass is 10.1. The Kier molecular flexibility index (Phi) is 6.03. The molecule has 0 spiro atoms. The summed E-state index contributed by atoms with van der Waals surface area (Å²) in [5.41, 5.74) is 2.86. The summed E-state index contributed by atoms with van der Waals surface area (Å²) in [5.74, 6) is 2.10. The minimum atomic E-state index is 0.490. The molecule has 2 aromatic rings. The lowest BCUT2D eigenvalue weighted by Gasteiger charge is -2.12. The number of carbonyl (C=O) groups is 1. The standard InChI is InChI=1S/C19H22O4/c1-14-5-6-15(2)18(11-14)22-9-4-10-23-19-12-16(13-20)7-8-17(19)21-3/h5-8,11-13H,4,9-10H2,1-3H3. The molecule has 0 unspecified atom stereocenters. The van der Waals surface area contributed by atoms with Crippen molar-refractivity contribution in [3.8, 4) is 17.2 Å². The van der Waals surface area contributed by atoms with Crippen LogP contribution < -0.4 is 14.2 Å². The number of rotatable bonds is 8. The number of hydrogen-bond acceptors (Lipinski definition) is 4. The first-order valence-electron chi connectivity index (χ1n) is 7.60. The summed E-state index contributed by atoms with van der Waals surface area (Å²) in [7, 11) is 1.58. The van der Waals surface area contributed by atoms with E-state index >= 15 is 0 Å². The van der Waals surface area contributed by atoms with E-state index in [4.69, 9.17) is 14.2 Å². The fourth-order valence-electron chi connectivity index (χ4n) is 2.17. The van der Waals surface area contributed by atoms with Gasteiger partial charge in [-0.1, -0.05) is 12.1 Å². The molecule has 23 heavy (non-hydrogen) atoms. The van der Waals surface area contributed by atoms with Gasteiger partial charge in [-0.2, -0.15) is 0 Å². The van der Waals surface area contributed by atoms with Gasteiger partial charge in [0.1, 0.15) is 12.0 Å². The van der Waals surface area contributed by atoms with Crippen LogP contribution in [0.15, 0.2) is 36.4 Å². The van der Waals surface area contributed by atoms with Crippen LogP contribution in [0.25, 0.3) is 0 Å². The van der Waals surface area contributed by atoms with Gasteiger partial charge in [0.15, 0.2) is 11.5 Å². The highest BCUT2D eigenvalue weighted by Gasteiger charge is 2.06. The third kappa shape index (κ3) is 4.74. The molecule has 4 heteroatoms. The Labute approximate surface area is 137 Å². The molecule has 0 amide bonds. The van der Waals surface area contributed by atoms with Crippen LogP contribution >= 0.6 is 0 Å². The minimum absolute atomic E-state index is 0.490. The van der Waals surface area contributed by atoms with Crippen molar-refractivity contribution in [2.24, 2.45) is 0 Å². The molecular formula is C19H22O4. The topological polar surface area (TPSA) is 44.8 Å². The molecule has 122 valence electrons. The molecule has 0 N–H and O–H groups in total. The molecule has 0 saturated carbocycles. The van der Waals surface area contributed by atoms with Crippen LogP contribution in [0.1, 0.15) is 27.9 Å². The fraction of sp³-hybridized carbons (Fsp3) is 0.316. The normalized spacial score (nSPS) is 10.2. The Morgan fingerprint density at radius 3 is 2.35 bits per heavy atom. The van der Waals surface area contributed by atoms with Crippen molar-refractivity contribution in [3.63, 3.8) is 0 Å². The largest absolute Gasteiger partial charge is 0.493 e. The SMILES string of the molecule is COc1ccc(C=O)cc1OCCCOc1cc(C)ccc1C. The van der Waals surface area contributed by atoms with Gasteiger partial charge in [-0.05, 0) is 49.2 Å². The Morgan fingerprint density at radius 2 is 1.65 bits per heavy atom. The summed E-state index contributed by atoms with van der Waals surface area (Å²) in [6.07, 6.45) is 1.53. The Balaban J connectivity index is 1.83. The van der Waals surface area contributed by atoms with E-state index in [0.29, 0.717) is 30.3 Å². The van der Waals surface area contributed by atoms with E-state index in [2.05, 4.69) is 12.1 Å². The van der Waals surface area contributed by atoms with E-state index in [1.165, 1.54) is 5.56 Å². The summed E-state index contributed by atoms with van der Waals surface area (Å²) >= 11 is 0. The van der Waals surface area contributed by atoms with Gasteiger partial charge >= 0.3 is 0 Å². The van der Waals surface area contributed by atoms with Crippen molar-refractivity contribution in [3.05, 3.63) is 53.1 Å². The van der Waals surface area contributed by atoms with Crippen molar-refractivity contribution < 1.29 is 19.0 Å². The van der Waals surface area contributed by atoms with Crippen LogP contribution in [0.5, 0.6) is 17.2 Å². The van der Waals surface area contributed by atoms with Gasteiger partial charge in [0, 0.05) is 12.0 Å². The highest BCUT2D eigenvalue weighted by molar-refractivity contribution is 5.76. The molecule has 2 rings (SSSR count). The minimum Gasteiger partial charge on any atom is -0.493 e. The molecule has 0 aliphatic rings. The van der Waals surface area contributed by atoms with Crippen LogP contribution in [0.4, 0.5) is 0 Å². The van der Waals surface area contributed by atoms with E-state index in [1.807, 2.05) is 19.9 Å². The van der Waals surface area contributed by atoms with Crippen molar-refractivity contribution in [1.29, 1.82) is 0 Å². The third-order valence-corrected chi connectivity index (χ3v) is 3.47. The number of aryl methyl sites for hydroxylation is 2. The Bertz CT molecular complexity index is 664. The van der Waals surface area contributed by atoms with Crippen molar-refractivity contribution >= 4 is 6.29 Å². The molecule has 0 fully saturated rings. The molecule has 0 atom stereocenters. The molecule has 4 nitrogen and oxygen atoms in total. The van der Waals surface area contributed by atoms with Gasteiger partial charge < -0.3 is 14.2 Å². The van der Waals surface area contributed by atoms with Crippen LogP contribution in [-0.2, 0) is 0 Å². The van der Waals surface area contributed by atoms with Gasteiger partial charge in [0.05, 0.1) is 20.3 Å². The summed E-state index contributed by atoms with van der Waals surface area (Å²) in [6.45, 7) is 5.13. The maximum absolute atomic E-state index is 10.8. The second-order valence-electron chi connectivity index (χ2n) is 5.35. The summed E-state index contributed by atoms with van der Waals surface area (Å²) in [6, 6.07) is 11.3. The van der Waals surface area contributed by atoms with Crippen LogP contribution in [-0.4, -0.2) is 26.6 Å². The van der Waals surface area contributed by atoms with Crippen LogP contribution in [0, 0.1) is 13.8 Å². The smallest absolute Gasteiger partial charge is 0.161 e. The van der Waals surface area contributed by atoms with Crippen LogP contribution in [0.3, 0.4) is 0 Å². The molecular weight excluding hydrogens is 292 g/mol. The van der Waals surface area contributed by atoms with E-state index in [1.54, 1.807) is 25.3 Å². The van der Waals surface area contributed by atoms with E-state index < -0.39 is 0 Å². The highest BCUT2D eigenvalue weighted by atomic mass is 16.5. The molecule has 0 bridgehead atoms. The monoisotopic (exact) mass is 314 g/mol. The maximum atomic E-state index is 10.8. The van der Waals surface area contributed by atoms with E-state index in [0.717, 1.165) is 24.0 Å². The number of benzene rings is 2. The van der Waals surface area contributed by atoms with Gasteiger partial charge in [-0.25, -0.2) is 0 Å². The average molecular weight is 314 g/mol. The Morgan fingerprint density at radius 1 is 0.913 bits per heavy atom. The number of ether oxygens (including phenoxy) is 3. The lowest BCUT2D eigenvalue weighted by Crippen LogP contribution is -2.06. The Hall–Kier alpha value is -2.49. The van der Waals surface area contributed by atoms with E-state index in [-0.39, 0.29) is 0 Å². The zero-order valence-electron chi connectivity index (χ0n) is 13.8. The number of carbonyl (C=O) groups excluding carboxylic acids is 1. The molecule has 0 saturated heterocycles. The quantitative estimate of drug-likeness (QED) is 0.546. The van der Waals surface area contributed by atoms with Gasteiger partial charge in [-0.15, -0.1) is 0 Å². The summed E-state index contributed by atoms with van der Waals surface area (Å²) < 4.78 is 16.7. The first kappa shape index (κ1) is 16.9. The molecule has 0 radical (unpaired) electrons. The molecule has 0 aromatic heterocycles. The molecule has 2 aromatic carbocycles. The number of hydrogen-bond donors (Lipinski definition) is 0. The second kappa shape index (κ2) is 8.22. The first-order chi connectivity index (χ1) is 11.1. The zero-order valence-corrected chi connectivity index (χ0v) is 13.8. The lowest BCUT2D eigenvalue weighted by molar-refractivity contribution is 0.112. The third-order valence-electron chi connectivity index (χ3n) is 3.47. The van der Waals surface area contributed by atoms with Crippen molar-refractivity contribution in [2.45, 2.75) is 20.3 Å². The molecule has 0 heterocycles. The summed E-state index contributed by atoms with van der Waals surface area (Å²) in [4.78, 5) is 10.8. The van der Waals surface area contributed by atoms with Gasteiger partial charge in [-0.3, -0.25) is 4.79 Å². The number of methoxy groups -OCH3 is 1. The highest BCUT2D eigenvalue weighted by Crippen LogP contribution is 2.27. The van der Waals surface area contributed by atoms with Crippen LogP contribution in [0.2, 0.25) is 0 Å². The van der Waals surface area contributed by atoms with Gasteiger partial charge in [0.2, 0.25) is 0 Å². The maximum Gasteiger partial charge on any atom is 0.161 e. The zero-order chi connectivity index (χ0) is 16.7. The van der Waals surface area contributed by atoms with Crippen molar-refractivity contribution in [1.82, 2.24) is 0 Å². The predicted molar refractivity (Wildman–Crippen MR) is 89.9 cm³/mol. The summed E-state index contributed by atoms with van der Waals surface area (Å²) in [5, 5.41) is 0.